The average molecular weight is 331 g/mol. The molecular formula is C13H17NO7S. The topological polar surface area (TPSA) is 133 Å². The fourth-order valence-electron chi connectivity index (χ4n) is 2.11. The van der Waals surface area contributed by atoms with E-state index in [2.05, 4.69) is 4.72 Å². The van der Waals surface area contributed by atoms with E-state index in [0.29, 0.717) is 0 Å². The number of carbonyl (C=O) groups excluding carboxylic acids is 1. The zero-order chi connectivity index (χ0) is 16.5. The van der Waals surface area contributed by atoms with Crippen molar-refractivity contribution in [2.45, 2.75) is 36.2 Å². The third-order valence-corrected chi connectivity index (χ3v) is 4.89. The first-order valence-electron chi connectivity index (χ1n) is 6.53. The van der Waals surface area contributed by atoms with Gasteiger partial charge in [0.05, 0.1) is 17.5 Å². The van der Waals surface area contributed by atoms with Crippen LogP contribution < -0.4 is 4.72 Å². The summed E-state index contributed by atoms with van der Waals surface area (Å²) in [7, 11) is -3.98. The van der Waals surface area contributed by atoms with Crippen LogP contribution in [0.25, 0.3) is 0 Å². The number of benzene rings is 1. The number of ether oxygens (including phenoxy) is 1. The van der Waals surface area contributed by atoms with Gasteiger partial charge in [0.2, 0.25) is 10.0 Å². The van der Waals surface area contributed by atoms with Gasteiger partial charge in [-0.3, -0.25) is 0 Å². The third-order valence-electron chi connectivity index (χ3n) is 3.38. The molecule has 8 nitrogen and oxygen atoms in total. The Hall–Kier alpha value is -1.52. The molecule has 4 N–H and O–H groups in total. The smallest absolute Gasteiger partial charge is 0.338 e. The number of esters is 1. The summed E-state index contributed by atoms with van der Waals surface area (Å²) in [5, 5.41) is 28.4. The molecule has 1 aliphatic rings. The summed E-state index contributed by atoms with van der Waals surface area (Å²) in [6.45, 7) is 1.09. The Bertz CT molecular complexity index is 643. The van der Waals surface area contributed by atoms with Crippen molar-refractivity contribution in [3.8, 4) is 0 Å². The highest BCUT2D eigenvalue weighted by molar-refractivity contribution is 7.89. The summed E-state index contributed by atoms with van der Waals surface area (Å²) in [6, 6.07) is 4.71. The maximum Gasteiger partial charge on any atom is 0.338 e. The van der Waals surface area contributed by atoms with E-state index in [0.717, 1.165) is 5.56 Å². The molecule has 0 saturated carbocycles. The lowest BCUT2D eigenvalue weighted by atomic mass is 10.1. The number of sulfonamides is 1. The Balaban J connectivity index is 2.19. The van der Waals surface area contributed by atoms with Crippen molar-refractivity contribution >= 4 is 16.0 Å². The van der Waals surface area contributed by atoms with Crippen molar-refractivity contribution in [3.05, 3.63) is 29.8 Å². The molecule has 0 spiro atoms. The minimum Gasteiger partial charge on any atom is -0.456 e. The average Bonchev–Trinajstić information content (AvgIpc) is 2.73. The highest BCUT2D eigenvalue weighted by Gasteiger charge is 2.47. The number of hydrogen-bond acceptors (Lipinski definition) is 7. The molecule has 122 valence electrons. The number of nitrogens with one attached hydrogen (secondary N) is 1. The van der Waals surface area contributed by atoms with Gasteiger partial charge in [0.1, 0.15) is 12.2 Å². The number of cyclic esters (lactones) is 1. The van der Waals surface area contributed by atoms with Crippen LogP contribution in [0.1, 0.15) is 5.56 Å². The van der Waals surface area contributed by atoms with Crippen LogP contribution in [0, 0.1) is 6.92 Å². The van der Waals surface area contributed by atoms with E-state index < -0.39 is 47.0 Å². The largest absolute Gasteiger partial charge is 0.456 e. The molecule has 0 bridgehead atoms. The lowest BCUT2D eigenvalue weighted by Crippen LogP contribution is -2.50. The number of aliphatic hydroxyl groups is 3. The van der Waals surface area contributed by atoms with Crippen molar-refractivity contribution < 1.29 is 33.3 Å². The molecule has 1 fully saturated rings. The van der Waals surface area contributed by atoms with Crippen LogP contribution in [-0.2, 0) is 19.6 Å². The minimum atomic E-state index is -3.98. The van der Waals surface area contributed by atoms with Gasteiger partial charge in [0.15, 0.2) is 6.10 Å². The standard InChI is InChI=1S/C13H17NO7S/c1-7-2-4-8(5-3-7)22(19,20)14-9(6-15)12-10(16)11(17)13(18)21-12/h2-5,9-12,14-17H,6H2,1H3/t9-,10-,11+,12-/m1/s1. The second-order valence-electron chi connectivity index (χ2n) is 5.06. The number of aryl methyl sites for hydroxylation is 1. The van der Waals surface area contributed by atoms with Crippen LogP contribution in [0.15, 0.2) is 29.2 Å². The van der Waals surface area contributed by atoms with Gasteiger partial charge in [0.25, 0.3) is 0 Å². The fourth-order valence-corrected chi connectivity index (χ4v) is 3.34. The van der Waals surface area contributed by atoms with E-state index in [-0.39, 0.29) is 4.90 Å². The number of carbonyl (C=O) groups is 1. The molecule has 2 rings (SSSR count). The fraction of sp³-hybridized carbons (Fsp3) is 0.462. The lowest BCUT2D eigenvalue weighted by molar-refractivity contribution is -0.148. The Morgan fingerprint density at radius 2 is 1.86 bits per heavy atom. The maximum absolute atomic E-state index is 12.2. The van der Waals surface area contributed by atoms with E-state index >= 15 is 0 Å². The van der Waals surface area contributed by atoms with Gasteiger partial charge >= 0.3 is 5.97 Å². The molecule has 0 radical (unpaired) electrons. The van der Waals surface area contributed by atoms with Gasteiger partial charge in [-0.25, -0.2) is 17.9 Å². The van der Waals surface area contributed by atoms with E-state index in [1.54, 1.807) is 19.1 Å². The first-order chi connectivity index (χ1) is 10.3. The molecule has 1 heterocycles. The highest BCUT2D eigenvalue weighted by atomic mass is 32.2. The molecule has 1 aromatic rings. The quantitative estimate of drug-likeness (QED) is 0.472. The van der Waals surface area contributed by atoms with Crippen molar-refractivity contribution in [3.63, 3.8) is 0 Å². The van der Waals surface area contributed by atoms with E-state index in [1.165, 1.54) is 12.1 Å². The SMILES string of the molecule is Cc1ccc(S(=O)(=O)N[C@H](CO)[C@H]2OC(=O)[C@@H](O)[C@H]2O)cc1. The molecular weight excluding hydrogens is 314 g/mol. The number of aliphatic hydroxyl groups excluding tert-OH is 3. The summed E-state index contributed by atoms with van der Waals surface area (Å²) < 4.78 is 31.3. The summed E-state index contributed by atoms with van der Waals surface area (Å²) in [4.78, 5) is 11.2. The lowest BCUT2D eigenvalue weighted by Gasteiger charge is -2.23. The van der Waals surface area contributed by atoms with Gasteiger partial charge in [-0.05, 0) is 19.1 Å². The van der Waals surface area contributed by atoms with E-state index in [4.69, 9.17) is 4.74 Å². The molecule has 0 aromatic heterocycles. The molecule has 1 saturated heterocycles. The predicted octanol–water partition coefficient (Wildman–Crippen LogP) is -1.72. The van der Waals surface area contributed by atoms with E-state index in [9.17, 15) is 28.5 Å². The van der Waals surface area contributed by atoms with E-state index in [1.807, 2.05) is 0 Å². The number of rotatable bonds is 5. The molecule has 22 heavy (non-hydrogen) atoms. The second-order valence-corrected chi connectivity index (χ2v) is 6.77. The van der Waals surface area contributed by atoms with Crippen LogP contribution in [0.4, 0.5) is 0 Å². The first kappa shape index (κ1) is 16.8. The summed E-state index contributed by atoms with van der Waals surface area (Å²) in [6.07, 6.45) is -4.75. The van der Waals surface area contributed by atoms with Crippen molar-refractivity contribution in [2.75, 3.05) is 6.61 Å². The van der Waals surface area contributed by atoms with Crippen LogP contribution in [0.3, 0.4) is 0 Å². The second kappa shape index (κ2) is 6.31. The molecule has 1 aliphatic heterocycles. The normalized spacial score (nSPS) is 26.7. The molecule has 1 aromatic carbocycles. The Kier molecular flexibility index (Phi) is 4.83. The highest BCUT2D eigenvalue weighted by Crippen LogP contribution is 2.20. The molecule has 0 aliphatic carbocycles. The van der Waals surface area contributed by atoms with Crippen LogP contribution >= 0.6 is 0 Å². The van der Waals surface area contributed by atoms with Crippen LogP contribution in [0.2, 0.25) is 0 Å². The first-order valence-corrected chi connectivity index (χ1v) is 8.01. The molecule has 4 atom stereocenters. The van der Waals surface area contributed by atoms with Crippen molar-refractivity contribution in [2.24, 2.45) is 0 Å². The Labute approximate surface area is 127 Å². The monoisotopic (exact) mass is 331 g/mol. The van der Waals surface area contributed by atoms with Gasteiger partial charge in [-0.15, -0.1) is 0 Å². The Morgan fingerprint density at radius 3 is 2.32 bits per heavy atom. The van der Waals surface area contributed by atoms with Gasteiger partial charge in [-0.1, -0.05) is 17.7 Å². The minimum absolute atomic E-state index is 0.0316. The molecule has 9 heteroatoms. The van der Waals surface area contributed by atoms with Crippen LogP contribution in [0.5, 0.6) is 0 Å². The third kappa shape index (κ3) is 3.28. The zero-order valence-corrected chi connectivity index (χ0v) is 12.5. The van der Waals surface area contributed by atoms with Gasteiger partial charge in [-0.2, -0.15) is 0 Å². The molecule has 0 amide bonds. The summed E-state index contributed by atoms with van der Waals surface area (Å²) in [5.74, 6) is -1.06. The summed E-state index contributed by atoms with van der Waals surface area (Å²) >= 11 is 0. The molecule has 0 unspecified atom stereocenters. The Morgan fingerprint density at radius 1 is 1.27 bits per heavy atom. The van der Waals surface area contributed by atoms with Crippen LogP contribution in [-0.4, -0.2) is 60.7 Å². The predicted molar refractivity (Wildman–Crippen MR) is 74.3 cm³/mol. The van der Waals surface area contributed by atoms with Crippen molar-refractivity contribution in [1.82, 2.24) is 4.72 Å². The zero-order valence-electron chi connectivity index (χ0n) is 11.7. The van der Waals surface area contributed by atoms with Gasteiger partial charge < -0.3 is 20.1 Å². The maximum atomic E-state index is 12.2. The number of hydrogen-bond donors (Lipinski definition) is 4. The van der Waals surface area contributed by atoms with Crippen molar-refractivity contribution in [1.29, 1.82) is 0 Å². The summed E-state index contributed by atoms with van der Waals surface area (Å²) in [5.41, 5.74) is 0.876. The van der Waals surface area contributed by atoms with Gasteiger partial charge in [0, 0.05) is 0 Å².